The molecule has 1 spiro atoms. The third-order valence-electron chi connectivity index (χ3n) is 5.48. The predicted molar refractivity (Wildman–Crippen MR) is 101 cm³/mol. The number of ether oxygens (including phenoxy) is 2. The van der Waals surface area contributed by atoms with E-state index in [9.17, 15) is 4.79 Å². The number of methoxy groups -OCH3 is 1. The Balaban J connectivity index is 1.51. The van der Waals surface area contributed by atoms with Gasteiger partial charge in [-0.2, -0.15) is 0 Å². The Bertz CT molecular complexity index is 684. The molecule has 1 aromatic carbocycles. The van der Waals surface area contributed by atoms with Crippen LogP contribution in [0.2, 0.25) is 0 Å². The molecule has 0 aromatic heterocycles. The van der Waals surface area contributed by atoms with Crippen LogP contribution in [-0.2, 0) is 16.1 Å². The van der Waals surface area contributed by atoms with Gasteiger partial charge in [0.05, 0.1) is 18.9 Å². The minimum Gasteiger partial charge on any atom is -0.504 e. The molecule has 5 nitrogen and oxygen atoms in total. The lowest BCUT2D eigenvalue weighted by atomic mass is 9.89. The minimum atomic E-state index is -0.201. The lowest BCUT2D eigenvalue weighted by Gasteiger charge is -2.32. The summed E-state index contributed by atoms with van der Waals surface area (Å²) in [5.41, 5.74) is 2.59. The first-order valence-electron chi connectivity index (χ1n) is 9.24. The summed E-state index contributed by atoms with van der Waals surface area (Å²) in [5.74, 6) is 0.535. The van der Waals surface area contributed by atoms with Crippen molar-refractivity contribution in [2.24, 2.45) is 11.3 Å². The lowest BCUT2D eigenvalue weighted by Crippen LogP contribution is -2.40. The van der Waals surface area contributed by atoms with E-state index in [4.69, 9.17) is 9.47 Å². The third-order valence-corrected chi connectivity index (χ3v) is 5.48. The first kappa shape index (κ1) is 18.5. The van der Waals surface area contributed by atoms with Crippen molar-refractivity contribution in [2.75, 3.05) is 34.3 Å². The van der Waals surface area contributed by atoms with Crippen molar-refractivity contribution in [1.82, 2.24) is 4.90 Å². The van der Waals surface area contributed by atoms with E-state index in [1.165, 1.54) is 12.0 Å². The van der Waals surface area contributed by atoms with E-state index in [1.807, 2.05) is 55.6 Å². The summed E-state index contributed by atoms with van der Waals surface area (Å²) in [7, 11) is 5.76. The van der Waals surface area contributed by atoms with Crippen molar-refractivity contribution in [2.45, 2.75) is 25.9 Å². The number of hydrogen-bond donors (Lipinski definition) is 0. The summed E-state index contributed by atoms with van der Waals surface area (Å²) >= 11 is 0. The molecule has 1 atom stereocenters. The first-order chi connectivity index (χ1) is 12.5. The first-order valence-corrected chi connectivity index (χ1v) is 9.24. The second-order valence-electron chi connectivity index (χ2n) is 7.59. The standard InChI is InChI=1S/C21H29N2O3/c1-22(2)14-18(16-25-3)19-13-21(19)9-11-23(12-10-21)20(24)26-15-17-7-5-4-6-8-17/h4-8,14,16,19H,9-13,15H2,1-3H3/q+1. The van der Waals surface area contributed by atoms with Gasteiger partial charge in [0, 0.05) is 13.1 Å². The Hall–Kier alpha value is -2.30. The van der Waals surface area contributed by atoms with E-state index >= 15 is 0 Å². The van der Waals surface area contributed by atoms with Crippen LogP contribution in [0.5, 0.6) is 0 Å². The van der Waals surface area contributed by atoms with E-state index < -0.39 is 0 Å². The van der Waals surface area contributed by atoms with Crippen molar-refractivity contribution in [1.29, 1.82) is 0 Å². The molecule has 140 valence electrons. The summed E-state index contributed by atoms with van der Waals surface area (Å²) in [4.78, 5) is 14.2. The summed E-state index contributed by atoms with van der Waals surface area (Å²) in [6, 6.07) is 9.81. The number of carbonyl (C=O) groups excluding carboxylic acids is 1. The van der Waals surface area contributed by atoms with E-state index in [0.717, 1.165) is 31.5 Å². The summed E-state index contributed by atoms with van der Waals surface area (Å²) in [6.45, 7) is 1.88. The highest BCUT2D eigenvalue weighted by atomic mass is 16.6. The normalized spacial score (nSPS) is 21.3. The van der Waals surface area contributed by atoms with Crippen LogP contribution in [0, 0.1) is 11.3 Å². The highest BCUT2D eigenvalue weighted by Gasteiger charge is 2.57. The molecule has 3 rings (SSSR count). The van der Waals surface area contributed by atoms with Gasteiger partial charge in [0.1, 0.15) is 20.7 Å². The summed E-state index contributed by atoms with van der Waals surface area (Å²) < 4.78 is 12.8. The Morgan fingerprint density at radius 1 is 1.27 bits per heavy atom. The summed E-state index contributed by atoms with van der Waals surface area (Å²) in [6.07, 6.45) is 7.04. The maximum atomic E-state index is 12.3. The molecule has 0 bridgehead atoms. The van der Waals surface area contributed by atoms with E-state index in [2.05, 4.69) is 10.8 Å². The zero-order valence-electron chi connectivity index (χ0n) is 16.0. The fraction of sp³-hybridized carbons (Fsp3) is 0.524. The van der Waals surface area contributed by atoms with Crippen molar-refractivity contribution >= 4 is 12.3 Å². The zero-order chi connectivity index (χ0) is 18.6. The number of amides is 1. The van der Waals surface area contributed by atoms with Gasteiger partial charge < -0.3 is 14.4 Å². The van der Waals surface area contributed by atoms with Crippen LogP contribution in [-0.4, -0.2) is 56.1 Å². The number of benzene rings is 1. The van der Waals surface area contributed by atoms with Gasteiger partial charge in [-0.1, -0.05) is 30.3 Å². The van der Waals surface area contributed by atoms with Crippen LogP contribution in [0.25, 0.3) is 0 Å². The average molecular weight is 357 g/mol. The van der Waals surface area contributed by atoms with Crippen LogP contribution < -0.4 is 0 Å². The molecule has 2 aliphatic rings. The number of hydrogen-bond acceptors (Lipinski definition) is 3. The maximum absolute atomic E-state index is 12.3. The largest absolute Gasteiger partial charge is 0.504 e. The fourth-order valence-electron chi connectivity index (χ4n) is 3.95. The highest BCUT2D eigenvalue weighted by Crippen LogP contribution is 2.62. The topological polar surface area (TPSA) is 41.8 Å². The molecule has 1 unspecified atom stereocenters. The Kier molecular flexibility index (Phi) is 5.64. The van der Waals surface area contributed by atoms with E-state index in [-0.39, 0.29) is 6.09 Å². The molecule has 5 heteroatoms. The second-order valence-corrected chi connectivity index (χ2v) is 7.59. The van der Waals surface area contributed by atoms with Crippen LogP contribution in [0.1, 0.15) is 24.8 Å². The molecule has 0 N–H and O–H groups in total. The lowest BCUT2D eigenvalue weighted by molar-refractivity contribution is -0.459. The molecule has 1 aliphatic heterocycles. The van der Waals surface area contributed by atoms with E-state index in [1.54, 1.807) is 7.11 Å². The van der Waals surface area contributed by atoms with Gasteiger partial charge >= 0.3 is 6.09 Å². The zero-order valence-corrected chi connectivity index (χ0v) is 16.0. The number of nitrogens with zero attached hydrogens (tertiary/aromatic N) is 2. The van der Waals surface area contributed by atoms with Gasteiger partial charge in [0.2, 0.25) is 0 Å². The molecule has 1 amide bonds. The molecule has 1 saturated heterocycles. The van der Waals surface area contributed by atoms with Gasteiger partial charge in [-0.15, -0.1) is 0 Å². The molecular formula is C21H29N2O3+. The summed E-state index contributed by atoms with van der Waals surface area (Å²) in [5, 5.41) is 0. The fourth-order valence-corrected chi connectivity index (χ4v) is 3.95. The van der Waals surface area contributed by atoms with Gasteiger partial charge in [-0.05, 0) is 36.2 Å². The molecule has 1 saturated carbocycles. The number of carbonyl (C=O) groups is 1. The number of rotatable bonds is 5. The molecule has 26 heavy (non-hydrogen) atoms. The number of piperidine rings is 1. The van der Waals surface area contributed by atoms with Gasteiger partial charge in [0.15, 0.2) is 6.21 Å². The Morgan fingerprint density at radius 2 is 1.96 bits per heavy atom. The van der Waals surface area contributed by atoms with Crippen molar-refractivity contribution in [3.05, 3.63) is 47.7 Å². The van der Waals surface area contributed by atoms with Gasteiger partial charge in [-0.3, -0.25) is 0 Å². The number of likely N-dealkylation sites (tertiary alicyclic amines) is 1. The SMILES string of the molecule is COC=C(C=[N+](C)C)C1CC12CCN(C(=O)OCc1ccccc1)CC2. The van der Waals surface area contributed by atoms with Crippen LogP contribution >= 0.6 is 0 Å². The second kappa shape index (κ2) is 7.94. The Labute approximate surface area is 155 Å². The predicted octanol–water partition coefficient (Wildman–Crippen LogP) is 3.30. The quantitative estimate of drug-likeness (QED) is 0.461. The highest BCUT2D eigenvalue weighted by molar-refractivity contribution is 5.76. The minimum absolute atomic E-state index is 0.201. The van der Waals surface area contributed by atoms with Crippen molar-refractivity contribution in [3.8, 4) is 0 Å². The number of allylic oxidation sites excluding steroid dienone is 1. The van der Waals surface area contributed by atoms with Crippen molar-refractivity contribution in [3.63, 3.8) is 0 Å². The monoisotopic (exact) mass is 357 g/mol. The van der Waals surface area contributed by atoms with Crippen molar-refractivity contribution < 1.29 is 18.8 Å². The smallest absolute Gasteiger partial charge is 0.410 e. The molecule has 1 aliphatic carbocycles. The molecule has 2 fully saturated rings. The third kappa shape index (κ3) is 4.26. The maximum Gasteiger partial charge on any atom is 0.410 e. The average Bonchev–Trinajstić information content (AvgIpc) is 3.34. The van der Waals surface area contributed by atoms with Crippen LogP contribution in [0.4, 0.5) is 4.79 Å². The molecule has 1 heterocycles. The molecule has 1 aromatic rings. The van der Waals surface area contributed by atoms with Gasteiger partial charge in [-0.25, -0.2) is 9.37 Å². The van der Waals surface area contributed by atoms with Crippen LogP contribution in [0.15, 0.2) is 42.2 Å². The molecular weight excluding hydrogens is 328 g/mol. The molecule has 0 radical (unpaired) electrons. The Morgan fingerprint density at radius 3 is 2.58 bits per heavy atom. The van der Waals surface area contributed by atoms with E-state index in [0.29, 0.717) is 17.9 Å². The van der Waals surface area contributed by atoms with Gasteiger partial charge in [0.25, 0.3) is 0 Å². The van der Waals surface area contributed by atoms with Crippen LogP contribution in [0.3, 0.4) is 0 Å².